The number of hydrogen-bond acceptors (Lipinski definition) is 3. The molecule has 0 bridgehead atoms. The summed E-state index contributed by atoms with van der Waals surface area (Å²) in [5.41, 5.74) is 5.63. The van der Waals surface area contributed by atoms with Gasteiger partial charge in [-0.05, 0) is 44.6 Å². The van der Waals surface area contributed by atoms with Crippen molar-refractivity contribution in [2.75, 3.05) is 26.8 Å². The summed E-state index contributed by atoms with van der Waals surface area (Å²) in [6.07, 6.45) is 3.61. The highest BCUT2D eigenvalue weighted by Crippen LogP contribution is 2.29. The highest BCUT2D eigenvalue weighted by Gasteiger charge is 2.32. The molecule has 1 saturated heterocycles. The van der Waals surface area contributed by atoms with Crippen molar-refractivity contribution in [3.8, 4) is 0 Å². The second-order valence-electron chi connectivity index (χ2n) is 5.80. The van der Waals surface area contributed by atoms with E-state index in [2.05, 4.69) is 25.7 Å². The predicted octanol–water partition coefficient (Wildman–Crippen LogP) is 2.11. The van der Waals surface area contributed by atoms with E-state index in [1.54, 1.807) is 7.11 Å². The van der Waals surface area contributed by atoms with E-state index in [4.69, 9.17) is 10.5 Å². The molecule has 0 amide bonds. The minimum absolute atomic E-state index is 0.545. The lowest BCUT2D eigenvalue weighted by Crippen LogP contribution is -2.52. The Morgan fingerprint density at radius 2 is 2.06 bits per heavy atom. The molecular weight excluding hydrogens is 212 g/mol. The maximum atomic E-state index is 5.63. The first-order chi connectivity index (χ1) is 8.10. The lowest BCUT2D eigenvalue weighted by atomic mass is 9.84. The van der Waals surface area contributed by atoms with Gasteiger partial charge in [0.05, 0.1) is 6.61 Å². The molecule has 102 valence electrons. The summed E-state index contributed by atoms with van der Waals surface area (Å²) in [5.74, 6) is 1.59. The summed E-state index contributed by atoms with van der Waals surface area (Å²) in [6.45, 7) is 9.94. The molecule has 17 heavy (non-hydrogen) atoms. The minimum Gasteiger partial charge on any atom is -0.383 e. The van der Waals surface area contributed by atoms with Crippen LogP contribution >= 0.6 is 0 Å². The average molecular weight is 242 g/mol. The zero-order valence-electron chi connectivity index (χ0n) is 12.0. The van der Waals surface area contributed by atoms with Gasteiger partial charge in [0, 0.05) is 25.7 Å². The Labute approximate surface area is 107 Å². The van der Waals surface area contributed by atoms with Gasteiger partial charge in [-0.25, -0.2) is 0 Å². The Kier molecular flexibility index (Phi) is 6.45. The minimum atomic E-state index is 0.545. The molecule has 1 heterocycles. The summed E-state index contributed by atoms with van der Waals surface area (Å²) in [4.78, 5) is 2.65. The number of hydrogen-bond donors (Lipinski definition) is 1. The fourth-order valence-electron chi connectivity index (χ4n) is 3.13. The van der Waals surface area contributed by atoms with Crippen molar-refractivity contribution in [2.45, 2.75) is 52.1 Å². The molecule has 0 aromatic heterocycles. The van der Waals surface area contributed by atoms with Crippen LogP contribution in [0.15, 0.2) is 0 Å². The van der Waals surface area contributed by atoms with Crippen LogP contribution in [-0.4, -0.2) is 43.8 Å². The van der Waals surface area contributed by atoms with E-state index in [1.807, 2.05) is 0 Å². The monoisotopic (exact) mass is 242 g/mol. The second-order valence-corrected chi connectivity index (χ2v) is 5.80. The molecule has 2 N–H and O–H groups in total. The highest BCUT2D eigenvalue weighted by atomic mass is 16.5. The summed E-state index contributed by atoms with van der Waals surface area (Å²) in [6, 6.07) is 1.22. The van der Waals surface area contributed by atoms with Crippen molar-refractivity contribution in [1.82, 2.24) is 4.90 Å². The highest BCUT2D eigenvalue weighted by molar-refractivity contribution is 4.86. The number of rotatable bonds is 6. The third kappa shape index (κ3) is 4.23. The van der Waals surface area contributed by atoms with Crippen LogP contribution in [0.4, 0.5) is 0 Å². The van der Waals surface area contributed by atoms with Gasteiger partial charge in [0.1, 0.15) is 0 Å². The normalized spacial score (nSPS) is 32.6. The van der Waals surface area contributed by atoms with Crippen molar-refractivity contribution < 1.29 is 4.74 Å². The van der Waals surface area contributed by atoms with Gasteiger partial charge in [-0.15, -0.1) is 0 Å². The molecule has 1 rings (SSSR count). The van der Waals surface area contributed by atoms with Gasteiger partial charge in [0.15, 0.2) is 0 Å². The van der Waals surface area contributed by atoms with E-state index in [1.165, 1.54) is 13.0 Å². The van der Waals surface area contributed by atoms with Crippen molar-refractivity contribution >= 4 is 0 Å². The Balaban J connectivity index is 2.62. The number of nitrogens with two attached hydrogens (primary N) is 1. The maximum absolute atomic E-state index is 5.63. The van der Waals surface area contributed by atoms with E-state index in [0.717, 1.165) is 37.8 Å². The zero-order chi connectivity index (χ0) is 12.8. The first kappa shape index (κ1) is 14.9. The van der Waals surface area contributed by atoms with Crippen molar-refractivity contribution in [3.63, 3.8) is 0 Å². The van der Waals surface area contributed by atoms with Crippen LogP contribution in [0.2, 0.25) is 0 Å². The van der Waals surface area contributed by atoms with E-state index >= 15 is 0 Å². The molecule has 3 heteroatoms. The zero-order valence-corrected chi connectivity index (χ0v) is 12.0. The van der Waals surface area contributed by atoms with Gasteiger partial charge < -0.3 is 10.5 Å². The smallest absolute Gasteiger partial charge is 0.0618 e. The molecule has 1 fully saturated rings. The summed E-state index contributed by atoms with van der Waals surface area (Å²) < 4.78 is 5.39. The SMILES string of the molecule is COCC(CCCN)N1CC(C)CC(C)C1C. The number of ether oxygens (including phenoxy) is 1. The third-order valence-electron chi connectivity index (χ3n) is 4.21. The average Bonchev–Trinajstić information content (AvgIpc) is 2.29. The fourth-order valence-corrected chi connectivity index (χ4v) is 3.13. The first-order valence-corrected chi connectivity index (χ1v) is 7.04. The van der Waals surface area contributed by atoms with Gasteiger partial charge in [0.2, 0.25) is 0 Å². The lowest BCUT2D eigenvalue weighted by Gasteiger charge is -2.45. The van der Waals surface area contributed by atoms with Crippen LogP contribution in [0, 0.1) is 11.8 Å². The Hall–Kier alpha value is -0.120. The molecule has 0 radical (unpaired) electrons. The number of nitrogens with zero attached hydrogens (tertiary/aromatic N) is 1. The molecule has 4 unspecified atom stereocenters. The van der Waals surface area contributed by atoms with Crippen LogP contribution in [0.1, 0.15) is 40.0 Å². The first-order valence-electron chi connectivity index (χ1n) is 7.04. The maximum Gasteiger partial charge on any atom is 0.0618 e. The quantitative estimate of drug-likeness (QED) is 0.775. The topological polar surface area (TPSA) is 38.5 Å². The predicted molar refractivity (Wildman–Crippen MR) is 73.1 cm³/mol. The van der Waals surface area contributed by atoms with Crippen LogP contribution in [0.25, 0.3) is 0 Å². The largest absolute Gasteiger partial charge is 0.383 e. The van der Waals surface area contributed by atoms with Crippen LogP contribution in [-0.2, 0) is 4.74 Å². The van der Waals surface area contributed by atoms with Crippen molar-refractivity contribution in [1.29, 1.82) is 0 Å². The van der Waals surface area contributed by atoms with Crippen molar-refractivity contribution in [2.24, 2.45) is 17.6 Å². The molecular formula is C14H30N2O. The third-order valence-corrected chi connectivity index (χ3v) is 4.21. The van der Waals surface area contributed by atoms with Gasteiger partial charge in [-0.3, -0.25) is 4.90 Å². The standard InChI is InChI=1S/C14H30N2O/c1-11-8-12(2)13(3)16(9-11)14(10-17-4)6-5-7-15/h11-14H,5-10,15H2,1-4H3. The summed E-state index contributed by atoms with van der Waals surface area (Å²) in [5, 5.41) is 0. The second kappa shape index (κ2) is 7.34. The van der Waals surface area contributed by atoms with Crippen LogP contribution in [0.3, 0.4) is 0 Å². The summed E-state index contributed by atoms with van der Waals surface area (Å²) >= 11 is 0. The van der Waals surface area contributed by atoms with E-state index in [0.29, 0.717) is 12.1 Å². The van der Waals surface area contributed by atoms with Gasteiger partial charge in [-0.1, -0.05) is 13.8 Å². The Morgan fingerprint density at radius 3 is 2.65 bits per heavy atom. The van der Waals surface area contributed by atoms with Gasteiger partial charge in [0.25, 0.3) is 0 Å². The molecule has 0 aliphatic carbocycles. The van der Waals surface area contributed by atoms with Gasteiger partial charge >= 0.3 is 0 Å². The van der Waals surface area contributed by atoms with E-state index < -0.39 is 0 Å². The van der Waals surface area contributed by atoms with Crippen LogP contribution in [0.5, 0.6) is 0 Å². The Bertz CT molecular complexity index is 210. The number of likely N-dealkylation sites (tertiary alicyclic amines) is 1. The van der Waals surface area contributed by atoms with E-state index in [9.17, 15) is 0 Å². The summed E-state index contributed by atoms with van der Waals surface area (Å²) in [7, 11) is 1.80. The molecule has 0 saturated carbocycles. The van der Waals surface area contributed by atoms with Gasteiger partial charge in [-0.2, -0.15) is 0 Å². The molecule has 3 nitrogen and oxygen atoms in total. The molecule has 1 aliphatic rings. The Morgan fingerprint density at radius 1 is 1.35 bits per heavy atom. The lowest BCUT2D eigenvalue weighted by molar-refractivity contribution is 0.00261. The molecule has 1 aliphatic heterocycles. The molecule has 0 aromatic carbocycles. The molecule has 0 spiro atoms. The van der Waals surface area contributed by atoms with Crippen molar-refractivity contribution in [3.05, 3.63) is 0 Å². The molecule has 4 atom stereocenters. The number of methoxy groups -OCH3 is 1. The van der Waals surface area contributed by atoms with E-state index in [-0.39, 0.29) is 0 Å². The van der Waals surface area contributed by atoms with Crippen LogP contribution < -0.4 is 5.73 Å². The number of piperidine rings is 1. The molecule has 0 aromatic rings. The fraction of sp³-hybridized carbons (Fsp3) is 1.00.